The molecule has 0 aliphatic rings. The van der Waals surface area contributed by atoms with Crippen molar-refractivity contribution in [3.05, 3.63) is 11.4 Å². The summed E-state index contributed by atoms with van der Waals surface area (Å²) in [6.07, 6.45) is 1.63. The van der Waals surface area contributed by atoms with Gasteiger partial charge in [0.1, 0.15) is 6.04 Å². The van der Waals surface area contributed by atoms with Crippen molar-refractivity contribution in [1.29, 1.82) is 0 Å². The summed E-state index contributed by atoms with van der Waals surface area (Å²) in [5.74, 6) is -0.707. The van der Waals surface area contributed by atoms with Crippen LogP contribution in [0.3, 0.4) is 0 Å². The second-order valence-electron chi connectivity index (χ2n) is 6.15. The van der Waals surface area contributed by atoms with Gasteiger partial charge in [0.15, 0.2) is 5.69 Å². The van der Waals surface area contributed by atoms with Crippen LogP contribution in [-0.2, 0) is 11.2 Å². The second-order valence-corrected chi connectivity index (χ2v) is 6.15. The molecule has 0 saturated carbocycles. The summed E-state index contributed by atoms with van der Waals surface area (Å²) in [6, 6.07) is -0.664. The predicted octanol–water partition coefficient (Wildman–Crippen LogP) is 0.977. The zero-order valence-electron chi connectivity index (χ0n) is 13.3. The van der Waals surface area contributed by atoms with Crippen LogP contribution in [0.4, 0.5) is 5.69 Å². The molecule has 0 saturated heterocycles. The first-order valence-electron chi connectivity index (χ1n) is 7.11. The number of anilines is 1. The van der Waals surface area contributed by atoms with Crippen LogP contribution in [0.1, 0.15) is 57.2 Å². The van der Waals surface area contributed by atoms with E-state index in [-0.39, 0.29) is 17.1 Å². The summed E-state index contributed by atoms with van der Waals surface area (Å²) in [5.41, 5.74) is 6.76. The number of aromatic nitrogens is 2. The van der Waals surface area contributed by atoms with Crippen LogP contribution in [0.5, 0.6) is 0 Å². The Bertz CT molecular complexity index is 516. The standard InChI is InChI=1S/C14H25N5O2/c1-6-7-9-10(15)11(19-18-9)13(21)16-8(2)12(20)17-14(3,4)5/h8H,6-7,15H2,1-5H3,(H,16,21)(H,17,20)(H,18,19). The molecule has 0 spiro atoms. The van der Waals surface area contributed by atoms with E-state index in [0.717, 1.165) is 18.5 Å². The molecule has 5 N–H and O–H groups in total. The molecule has 0 aromatic carbocycles. The van der Waals surface area contributed by atoms with Gasteiger partial charge in [0.05, 0.1) is 11.4 Å². The minimum absolute atomic E-state index is 0.133. The molecule has 118 valence electrons. The maximum atomic E-state index is 12.1. The molecular weight excluding hydrogens is 270 g/mol. The van der Waals surface area contributed by atoms with Crippen molar-refractivity contribution in [2.75, 3.05) is 5.73 Å². The molecule has 21 heavy (non-hydrogen) atoms. The maximum Gasteiger partial charge on any atom is 0.274 e. The van der Waals surface area contributed by atoms with Crippen LogP contribution in [-0.4, -0.2) is 33.6 Å². The molecule has 1 aromatic heterocycles. The number of nitrogen functional groups attached to an aromatic ring is 1. The Balaban J connectivity index is 2.71. The fraction of sp³-hybridized carbons (Fsp3) is 0.643. The molecule has 7 nitrogen and oxygen atoms in total. The van der Waals surface area contributed by atoms with Gasteiger partial charge >= 0.3 is 0 Å². The van der Waals surface area contributed by atoms with Gasteiger partial charge < -0.3 is 16.4 Å². The third-order valence-corrected chi connectivity index (χ3v) is 2.84. The van der Waals surface area contributed by atoms with E-state index in [1.807, 2.05) is 27.7 Å². The summed E-state index contributed by atoms with van der Waals surface area (Å²) < 4.78 is 0. The number of aryl methyl sites for hydroxylation is 1. The Hall–Kier alpha value is -2.05. The van der Waals surface area contributed by atoms with Crippen molar-refractivity contribution < 1.29 is 9.59 Å². The molecule has 2 amide bonds. The summed E-state index contributed by atoms with van der Waals surface area (Å²) in [4.78, 5) is 24.0. The van der Waals surface area contributed by atoms with Gasteiger partial charge in [-0.05, 0) is 34.1 Å². The minimum atomic E-state index is -0.664. The number of amides is 2. The highest BCUT2D eigenvalue weighted by Gasteiger charge is 2.23. The van der Waals surface area contributed by atoms with Gasteiger partial charge in [0.25, 0.3) is 5.91 Å². The van der Waals surface area contributed by atoms with Gasteiger partial charge in [-0.15, -0.1) is 0 Å². The molecule has 0 fully saturated rings. The first-order chi connectivity index (χ1) is 9.65. The van der Waals surface area contributed by atoms with E-state index in [4.69, 9.17) is 5.73 Å². The summed E-state index contributed by atoms with van der Waals surface area (Å²) in [7, 11) is 0. The highest BCUT2D eigenvalue weighted by atomic mass is 16.2. The number of nitrogens with zero attached hydrogens (tertiary/aromatic N) is 1. The van der Waals surface area contributed by atoms with E-state index in [2.05, 4.69) is 20.8 Å². The van der Waals surface area contributed by atoms with Crippen LogP contribution in [0.25, 0.3) is 0 Å². The number of nitrogens with one attached hydrogen (secondary N) is 3. The molecule has 0 bridgehead atoms. The van der Waals surface area contributed by atoms with Crippen molar-refractivity contribution in [2.45, 2.75) is 59.0 Å². The molecular formula is C14H25N5O2. The first-order valence-corrected chi connectivity index (χ1v) is 7.11. The summed E-state index contributed by atoms with van der Waals surface area (Å²) in [6.45, 7) is 9.26. The fourth-order valence-electron chi connectivity index (χ4n) is 1.81. The largest absolute Gasteiger partial charge is 0.395 e. The molecule has 0 aliphatic carbocycles. The molecule has 0 aliphatic heterocycles. The van der Waals surface area contributed by atoms with E-state index in [1.165, 1.54) is 0 Å². The zero-order valence-corrected chi connectivity index (χ0v) is 13.3. The molecule has 1 atom stereocenters. The average Bonchev–Trinajstić information content (AvgIpc) is 2.69. The molecule has 7 heteroatoms. The van der Waals surface area contributed by atoms with Gasteiger partial charge in [0.2, 0.25) is 5.91 Å². The first kappa shape index (κ1) is 17.0. The van der Waals surface area contributed by atoms with Crippen molar-refractivity contribution in [1.82, 2.24) is 20.8 Å². The number of carbonyl (C=O) groups excluding carboxylic acids is 2. The highest BCUT2D eigenvalue weighted by Crippen LogP contribution is 2.15. The van der Waals surface area contributed by atoms with Crippen LogP contribution in [0.2, 0.25) is 0 Å². The predicted molar refractivity (Wildman–Crippen MR) is 81.8 cm³/mol. The van der Waals surface area contributed by atoms with Crippen LogP contribution in [0, 0.1) is 0 Å². The van der Waals surface area contributed by atoms with E-state index >= 15 is 0 Å². The van der Waals surface area contributed by atoms with Crippen molar-refractivity contribution in [3.8, 4) is 0 Å². The van der Waals surface area contributed by atoms with E-state index < -0.39 is 11.9 Å². The highest BCUT2D eigenvalue weighted by molar-refractivity contribution is 6.00. The van der Waals surface area contributed by atoms with Gasteiger partial charge in [-0.2, -0.15) is 5.10 Å². The van der Waals surface area contributed by atoms with E-state index in [0.29, 0.717) is 5.69 Å². The number of carbonyl (C=O) groups is 2. The third-order valence-electron chi connectivity index (χ3n) is 2.84. The maximum absolute atomic E-state index is 12.1. The molecule has 1 aromatic rings. The Labute approximate surface area is 125 Å². The van der Waals surface area contributed by atoms with Gasteiger partial charge in [0, 0.05) is 5.54 Å². The number of hydrogen-bond donors (Lipinski definition) is 4. The lowest BCUT2D eigenvalue weighted by Crippen LogP contribution is -2.50. The molecule has 1 heterocycles. The van der Waals surface area contributed by atoms with Crippen LogP contribution < -0.4 is 16.4 Å². The molecule has 1 unspecified atom stereocenters. The van der Waals surface area contributed by atoms with Gasteiger partial charge in [-0.1, -0.05) is 13.3 Å². The van der Waals surface area contributed by atoms with Crippen molar-refractivity contribution in [3.63, 3.8) is 0 Å². The van der Waals surface area contributed by atoms with E-state index in [1.54, 1.807) is 6.92 Å². The lowest BCUT2D eigenvalue weighted by atomic mass is 10.1. The number of hydrogen-bond acceptors (Lipinski definition) is 4. The molecule has 0 radical (unpaired) electrons. The fourth-order valence-corrected chi connectivity index (χ4v) is 1.81. The molecule has 1 rings (SSSR count). The lowest BCUT2D eigenvalue weighted by molar-refractivity contribution is -0.124. The SMILES string of the molecule is CCCc1[nH]nc(C(=O)NC(C)C(=O)NC(C)(C)C)c1N. The van der Waals surface area contributed by atoms with Crippen LogP contribution >= 0.6 is 0 Å². The number of nitrogens with two attached hydrogens (primary N) is 1. The van der Waals surface area contributed by atoms with Crippen molar-refractivity contribution in [2.24, 2.45) is 0 Å². The Morgan fingerprint density at radius 2 is 2.00 bits per heavy atom. The lowest BCUT2D eigenvalue weighted by Gasteiger charge is -2.23. The smallest absolute Gasteiger partial charge is 0.274 e. The number of aromatic amines is 1. The Morgan fingerprint density at radius 3 is 2.52 bits per heavy atom. The Morgan fingerprint density at radius 1 is 1.38 bits per heavy atom. The monoisotopic (exact) mass is 295 g/mol. The second kappa shape index (κ2) is 6.60. The zero-order chi connectivity index (χ0) is 16.2. The minimum Gasteiger partial charge on any atom is -0.395 e. The summed E-state index contributed by atoms with van der Waals surface area (Å²) in [5, 5.41) is 12.1. The third kappa shape index (κ3) is 4.77. The quantitative estimate of drug-likeness (QED) is 0.648. The van der Waals surface area contributed by atoms with Crippen LogP contribution in [0.15, 0.2) is 0 Å². The number of H-pyrrole nitrogens is 1. The topological polar surface area (TPSA) is 113 Å². The normalized spacial score (nSPS) is 12.8. The summed E-state index contributed by atoms with van der Waals surface area (Å²) >= 11 is 0. The van der Waals surface area contributed by atoms with Gasteiger partial charge in [-0.3, -0.25) is 14.7 Å². The van der Waals surface area contributed by atoms with Gasteiger partial charge in [-0.25, -0.2) is 0 Å². The Kier molecular flexibility index (Phi) is 5.34. The average molecular weight is 295 g/mol. The van der Waals surface area contributed by atoms with E-state index in [9.17, 15) is 9.59 Å². The number of rotatable bonds is 5. The van der Waals surface area contributed by atoms with Crippen molar-refractivity contribution >= 4 is 17.5 Å².